The van der Waals surface area contributed by atoms with Crippen LogP contribution < -0.4 is 4.90 Å². The summed E-state index contributed by atoms with van der Waals surface area (Å²) >= 11 is 5.97. The molecule has 0 bridgehead atoms. The van der Waals surface area contributed by atoms with Crippen molar-refractivity contribution in [3.8, 4) is 0 Å². The third kappa shape index (κ3) is 3.75. The molecule has 144 valence electrons. The van der Waals surface area contributed by atoms with Gasteiger partial charge < -0.3 is 4.74 Å². The van der Waals surface area contributed by atoms with Crippen LogP contribution in [0.1, 0.15) is 31.9 Å². The number of amides is 2. The van der Waals surface area contributed by atoms with Crippen LogP contribution >= 0.6 is 11.6 Å². The Morgan fingerprint density at radius 1 is 1.21 bits per heavy atom. The molecule has 0 fully saturated rings. The van der Waals surface area contributed by atoms with Crippen molar-refractivity contribution in [2.24, 2.45) is 0 Å². The summed E-state index contributed by atoms with van der Waals surface area (Å²) in [4.78, 5) is 37.3. The van der Waals surface area contributed by atoms with Gasteiger partial charge >= 0.3 is 6.09 Å². The molecule has 0 spiro atoms. The number of fused-ring (bicyclic) bond motifs is 1. The maximum Gasteiger partial charge on any atom is 0.422 e. The van der Waals surface area contributed by atoms with Crippen LogP contribution in [0.4, 0.5) is 16.2 Å². The Labute approximate surface area is 166 Å². The quantitative estimate of drug-likeness (QED) is 0.398. The number of halogens is 1. The van der Waals surface area contributed by atoms with Gasteiger partial charge in [-0.25, -0.2) is 9.69 Å². The zero-order valence-electron chi connectivity index (χ0n) is 15.4. The van der Waals surface area contributed by atoms with E-state index < -0.39 is 22.5 Å². The van der Waals surface area contributed by atoms with Gasteiger partial charge in [-0.05, 0) is 45.0 Å². The largest absolute Gasteiger partial charge is 0.443 e. The van der Waals surface area contributed by atoms with Crippen LogP contribution in [0.2, 0.25) is 5.02 Å². The summed E-state index contributed by atoms with van der Waals surface area (Å²) in [6.07, 6.45) is 0.559. The van der Waals surface area contributed by atoms with E-state index in [0.29, 0.717) is 16.3 Å². The average molecular weight is 401 g/mol. The molecular formula is C20H17ClN2O5. The second-order valence-corrected chi connectivity index (χ2v) is 7.59. The highest BCUT2D eigenvalue weighted by atomic mass is 35.5. The number of carbonyl (C=O) groups excluding carboxylic acids is 2. The molecule has 0 N–H and O–H groups in total. The molecule has 2 aromatic carbocycles. The lowest BCUT2D eigenvalue weighted by molar-refractivity contribution is -0.385. The SMILES string of the molecule is CC(C)(C)OC(=O)N1C(=O)C(=Cc2cc(Cl)ccc2[N+](=O)[O-])c2ccccc21. The molecule has 8 heteroatoms. The molecular weight excluding hydrogens is 384 g/mol. The Hall–Kier alpha value is -3.19. The summed E-state index contributed by atoms with van der Waals surface area (Å²) in [5.74, 6) is -0.621. The topological polar surface area (TPSA) is 89.8 Å². The van der Waals surface area contributed by atoms with Crippen molar-refractivity contribution in [3.63, 3.8) is 0 Å². The van der Waals surface area contributed by atoms with Gasteiger partial charge in [0.15, 0.2) is 0 Å². The minimum absolute atomic E-state index is 0.145. The van der Waals surface area contributed by atoms with Crippen molar-refractivity contribution in [1.82, 2.24) is 0 Å². The van der Waals surface area contributed by atoms with E-state index in [1.165, 1.54) is 24.3 Å². The van der Waals surface area contributed by atoms with Crippen molar-refractivity contribution in [3.05, 3.63) is 68.7 Å². The molecule has 1 aliphatic heterocycles. The van der Waals surface area contributed by atoms with Gasteiger partial charge in [0.05, 0.1) is 21.7 Å². The fourth-order valence-electron chi connectivity index (χ4n) is 2.83. The van der Waals surface area contributed by atoms with Crippen LogP contribution in [0.15, 0.2) is 42.5 Å². The predicted octanol–water partition coefficient (Wildman–Crippen LogP) is 5.07. The Kier molecular flexibility index (Phi) is 4.95. The molecule has 0 radical (unpaired) electrons. The zero-order chi connectivity index (χ0) is 20.6. The van der Waals surface area contributed by atoms with Gasteiger partial charge in [-0.3, -0.25) is 14.9 Å². The summed E-state index contributed by atoms with van der Waals surface area (Å²) in [6.45, 7) is 5.09. The maximum atomic E-state index is 13.0. The first-order valence-corrected chi connectivity index (χ1v) is 8.79. The van der Waals surface area contributed by atoms with E-state index in [0.717, 1.165) is 4.90 Å². The van der Waals surface area contributed by atoms with Crippen molar-refractivity contribution >= 4 is 46.6 Å². The normalized spacial score (nSPS) is 14.9. The Morgan fingerprint density at radius 3 is 2.54 bits per heavy atom. The second-order valence-electron chi connectivity index (χ2n) is 7.16. The minimum atomic E-state index is -0.811. The van der Waals surface area contributed by atoms with E-state index in [4.69, 9.17) is 16.3 Å². The molecule has 1 aliphatic rings. The molecule has 0 saturated heterocycles. The lowest BCUT2D eigenvalue weighted by Gasteiger charge is -2.23. The number of para-hydroxylation sites is 1. The molecule has 0 aromatic heterocycles. The number of benzene rings is 2. The second kappa shape index (κ2) is 7.09. The lowest BCUT2D eigenvalue weighted by atomic mass is 10.0. The molecule has 0 unspecified atom stereocenters. The number of imide groups is 1. The van der Waals surface area contributed by atoms with Crippen LogP contribution in [0, 0.1) is 10.1 Å². The number of hydrogen-bond donors (Lipinski definition) is 0. The monoisotopic (exact) mass is 400 g/mol. The number of rotatable bonds is 2. The number of nitro benzene ring substituents is 1. The number of nitrogens with zero attached hydrogens (tertiary/aromatic N) is 2. The first kappa shape index (κ1) is 19.6. The van der Waals surface area contributed by atoms with Gasteiger partial charge in [-0.1, -0.05) is 29.8 Å². The Balaban J connectivity index is 2.13. The van der Waals surface area contributed by atoms with Gasteiger partial charge in [0.1, 0.15) is 5.60 Å². The molecule has 2 amide bonds. The molecule has 0 atom stereocenters. The summed E-state index contributed by atoms with van der Waals surface area (Å²) in [6, 6.07) is 10.8. The summed E-state index contributed by atoms with van der Waals surface area (Å²) in [5.41, 5.74) is 0.168. The average Bonchev–Trinajstić information content (AvgIpc) is 2.85. The molecule has 7 nitrogen and oxygen atoms in total. The molecule has 3 rings (SSSR count). The Bertz CT molecular complexity index is 1020. The third-order valence-corrected chi connectivity index (χ3v) is 4.17. The van der Waals surface area contributed by atoms with Crippen molar-refractivity contribution in [1.29, 1.82) is 0 Å². The fourth-order valence-corrected chi connectivity index (χ4v) is 3.01. The molecule has 0 saturated carbocycles. The van der Waals surface area contributed by atoms with Crippen LogP contribution in [-0.4, -0.2) is 22.5 Å². The van der Waals surface area contributed by atoms with Crippen molar-refractivity contribution in [2.45, 2.75) is 26.4 Å². The van der Waals surface area contributed by atoms with E-state index >= 15 is 0 Å². The third-order valence-electron chi connectivity index (χ3n) is 3.93. The van der Waals surface area contributed by atoms with Crippen LogP contribution in [0.5, 0.6) is 0 Å². The highest BCUT2D eigenvalue weighted by molar-refractivity contribution is 6.41. The summed E-state index contributed by atoms with van der Waals surface area (Å²) in [7, 11) is 0. The zero-order valence-corrected chi connectivity index (χ0v) is 16.2. The standard InChI is InChI=1S/C20H17ClN2O5/c1-20(2,3)28-19(25)22-17-7-5-4-6-14(17)15(18(22)24)11-12-10-13(21)8-9-16(12)23(26)27/h4-11H,1-3H3. The van der Waals surface area contributed by atoms with Crippen LogP contribution in [0.3, 0.4) is 0 Å². The summed E-state index contributed by atoms with van der Waals surface area (Å²) in [5, 5.41) is 11.6. The van der Waals surface area contributed by atoms with E-state index in [2.05, 4.69) is 0 Å². The maximum absolute atomic E-state index is 13.0. The van der Waals surface area contributed by atoms with Gasteiger partial charge in [0.2, 0.25) is 0 Å². The van der Waals surface area contributed by atoms with E-state index in [1.807, 2.05) is 0 Å². The number of anilines is 1. The van der Waals surface area contributed by atoms with Crippen LogP contribution in [0.25, 0.3) is 11.6 Å². The highest BCUT2D eigenvalue weighted by Gasteiger charge is 2.39. The molecule has 0 aliphatic carbocycles. The lowest BCUT2D eigenvalue weighted by Crippen LogP contribution is -2.38. The minimum Gasteiger partial charge on any atom is -0.443 e. The van der Waals surface area contributed by atoms with Gasteiger partial charge in [-0.2, -0.15) is 0 Å². The number of ether oxygens (including phenoxy) is 1. The number of carbonyl (C=O) groups is 2. The van der Waals surface area contributed by atoms with E-state index in [1.54, 1.807) is 45.0 Å². The molecule has 1 heterocycles. The van der Waals surface area contributed by atoms with E-state index in [-0.39, 0.29) is 16.8 Å². The number of hydrogen-bond acceptors (Lipinski definition) is 5. The van der Waals surface area contributed by atoms with Gasteiger partial charge in [-0.15, -0.1) is 0 Å². The number of nitro groups is 1. The first-order valence-electron chi connectivity index (χ1n) is 8.41. The van der Waals surface area contributed by atoms with Gasteiger partial charge in [0.25, 0.3) is 11.6 Å². The van der Waals surface area contributed by atoms with E-state index in [9.17, 15) is 19.7 Å². The molecule has 2 aromatic rings. The molecule has 28 heavy (non-hydrogen) atoms. The summed E-state index contributed by atoms with van der Waals surface area (Å²) < 4.78 is 5.34. The first-order chi connectivity index (χ1) is 13.1. The van der Waals surface area contributed by atoms with Crippen LogP contribution in [-0.2, 0) is 9.53 Å². The van der Waals surface area contributed by atoms with Crippen molar-refractivity contribution < 1.29 is 19.2 Å². The predicted molar refractivity (Wildman–Crippen MR) is 106 cm³/mol. The Morgan fingerprint density at radius 2 is 1.89 bits per heavy atom. The smallest absolute Gasteiger partial charge is 0.422 e. The highest BCUT2D eigenvalue weighted by Crippen LogP contribution is 2.39. The van der Waals surface area contributed by atoms with Crippen molar-refractivity contribution in [2.75, 3.05) is 4.90 Å². The fraction of sp³-hybridized carbons (Fsp3) is 0.200. The van der Waals surface area contributed by atoms with Gasteiger partial charge in [0, 0.05) is 16.7 Å².